The third-order valence-electron chi connectivity index (χ3n) is 5.99. The number of fused-ring (bicyclic) bond motifs is 2. The molecule has 1 fully saturated rings. The number of aryl methyl sites for hydroxylation is 1. The van der Waals surface area contributed by atoms with Crippen molar-refractivity contribution < 1.29 is 9.59 Å². The number of nitrogens with two attached hydrogens (primary N) is 1. The van der Waals surface area contributed by atoms with Crippen LogP contribution in [0.4, 0.5) is 5.82 Å². The van der Waals surface area contributed by atoms with Gasteiger partial charge in [-0.25, -0.2) is 4.99 Å². The van der Waals surface area contributed by atoms with Gasteiger partial charge in [0.15, 0.2) is 5.82 Å². The first kappa shape index (κ1) is 17.6. The molecule has 2 aliphatic rings. The van der Waals surface area contributed by atoms with Gasteiger partial charge in [-0.15, -0.1) is 0 Å². The fourth-order valence-corrected chi connectivity index (χ4v) is 4.88. The Morgan fingerprint density at radius 1 is 1.26 bits per heavy atom. The van der Waals surface area contributed by atoms with Gasteiger partial charge in [0.1, 0.15) is 5.78 Å². The average molecular weight is 364 g/mol. The number of aromatic amines is 1. The Morgan fingerprint density at radius 3 is 2.70 bits per heavy atom. The quantitative estimate of drug-likeness (QED) is 0.855. The highest BCUT2D eigenvalue weighted by Crippen LogP contribution is 2.52. The molecule has 6 heteroatoms. The summed E-state index contributed by atoms with van der Waals surface area (Å²) < 4.78 is 0. The van der Waals surface area contributed by atoms with E-state index in [0.717, 1.165) is 29.0 Å². The van der Waals surface area contributed by atoms with Crippen LogP contribution in [0.25, 0.3) is 0 Å². The topological polar surface area (TPSA) is 101 Å². The van der Waals surface area contributed by atoms with Gasteiger partial charge in [0.2, 0.25) is 5.91 Å². The summed E-state index contributed by atoms with van der Waals surface area (Å²) in [7, 11) is 0. The molecule has 2 aromatic rings. The van der Waals surface area contributed by atoms with E-state index < -0.39 is 11.3 Å². The number of primary amides is 1. The van der Waals surface area contributed by atoms with Crippen molar-refractivity contribution in [1.29, 1.82) is 0 Å². The summed E-state index contributed by atoms with van der Waals surface area (Å²) in [6.07, 6.45) is 1.26. The van der Waals surface area contributed by atoms with Crippen molar-refractivity contribution in [2.45, 2.75) is 46.0 Å². The average Bonchev–Trinajstić information content (AvgIpc) is 2.94. The number of carbonyl (C=O) groups is 2. The molecule has 0 saturated heterocycles. The molecule has 1 amide bonds. The second-order valence-corrected chi connectivity index (χ2v) is 8.71. The van der Waals surface area contributed by atoms with Crippen LogP contribution in [0.2, 0.25) is 0 Å². The predicted molar refractivity (Wildman–Crippen MR) is 103 cm³/mol. The first-order chi connectivity index (χ1) is 12.6. The first-order valence-corrected chi connectivity index (χ1v) is 9.19. The number of ketones is 1. The molecule has 1 saturated carbocycles. The van der Waals surface area contributed by atoms with E-state index in [1.165, 1.54) is 0 Å². The van der Waals surface area contributed by atoms with E-state index in [4.69, 9.17) is 10.7 Å². The number of nitrogens with one attached hydrogen (secondary N) is 1. The predicted octanol–water partition coefficient (Wildman–Crippen LogP) is 3.21. The van der Waals surface area contributed by atoms with Gasteiger partial charge in [-0.1, -0.05) is 32.9 Å². The van der Waals surface area contributed by atoms with Crippen molar-refractivity contribution in [2.24, 2.45) is 22.1 Å². The standard InChI is InChI=1S/C21H24N4O2/c1-11-16-19(25-24-11)23-14-9-20(2,3)10-15(26)17(14)21(16,4)13-7-5-6-12(8-13)18(22)27/h5-8,17H,9-10H2,1-4H3,(H2,22,27)(H,24,25). The van der Waals surface area contributed by atoms with Crippen molar-refractivity contribution in [3.8, 4) is 0 Å². The van der Waals surface area contributed by atoms with E-state index in [0.29, 0.717) is 17.8 Å². The van der Waals surface area contributed by atoms with Crippen molar-refractivity contribution >= 4 is 23.2 Å². The van der Waals surface area contributed by atoms with Crippen LogP contribution in [0.1, 0.15) is 60.8 Å². The van der Waals surface area contributed by atoms with E-state index in [-0.39, 0.29) is 17.1 Å². The maximum Gasteiger partial charge on any atom is 0.248 e. The maximum absolute atomic E-state index is 13.3. The number of nitrogens with zero attached hydrogens (tertiary/aromatic N) is 2. The number of carbonyl (C=O) groups excluding carboxylic acids is 2. The molecule has 3 N–H and O–H groups in total. The van der Waals surface area contributed by atoms with Crippen LogP contribution in [-0.2, 0) is 10.2 Å². The molecule has 0 radical (unpaired) electrons. The number of aromatic nitrogens is 2. The summed E-state index contributed by atoms with van der Waals surface area (Å²) in [5.74, 6) is -0.0256. The van der Waals surface area contributed by atoms with Crippen LogP contribution in [0.5, 0.6) is 0 Å². The lowest BCUT2D eigenvalue weighted by Crippen LogP contribution is -2.50. The van der Waals surface area contributed by atoms with Gasteiger partial charge in [-0.05, 0) is 36.5 Å². The van der Waals surface area contributed by atoms with Gasteiger partial charge in [0.05, 0.1) is 5.92 Å². The molecule has 2 heterocycles. The Hall–Kier alpha value is -2.76. The summed E-state index contributed by atoms with van der Waals surface area (Å²) in [5.41, 5.74) is 8.74. The Kier molecular flexibility index (Phi) is 3.67. The third kappa shape index (κ3) is 2.54. The number of benzene rings is 1. The summed E-state index contributed by atoms with van der Waals surface area (Å²) in [6.45, 7) is 8.20. The molecule has 2 unspecified atom stereocenters. The molecular formula is C21H24N4O2. The van der Waals surface area contributed by atoms with Gasteiger partial charge in [0, 0.05) is 34.4 Å². The van der Waals surface area contributed by atoms with Crippen LogP contribution < -0.4 is 5.73 Å². The van der Waals surface area contributed by atoms with Gasteiger partial charge < -0.3 is 5.73 Å². The van der Waals surface area contributed by atoms with Crippen LogP contribution in [0.15, 0.2) is 29.3 Å². The number of aliphatic imine (C=N–C) groups is 1. The molecule has 1 aromatic carbocycles. The maximum atomic E-state index is 13.3. The van der Waals surface area contributed by atoms with Crippen LogP contribution in [0, 0.1) is 18.3 Å². The highest BCUT2D eigenvalue weighted by atomic mass is 16.1. The van der Waals surface area contributed by atoms with Crippen molar-refractivity contribution in [2.75, 3.05) is 0 Å². The normalized spacial score (nSPS) is 26.1. The second-order valence-electron chi connectivity index (χ2n) is 8.71. The molecule has 1 aliphatic carbocycles. The molecule has 27 heavy (non-hydrogen) atoms. The number of hydrogen-bond acceptors (Lipinski definition) is 4. The van der Waals surface area contributed by atoms with E-state index in [1.54, 1.807) is 12.1 Å². The van der Waals surface area contributed by atoms with Crippen molar-refractivity contribution in [3.63, 3.8) is 0 Å². The largest absolute Gasteiger partial charge is 0.366 e. The lowest BCUT2D eigenvalue weighted by atomic mass is 9.56. The van der Waals surface area contributed by atoms with E-state index >= 15 is 0 Å². The second kappa shape index (κ2) is 5.62. The number of amides is 1. The minimum atomic E-state index is -0.650. The van der Waals surface area contributed by atoms with Gasteiger partial charge in [-0.2, -0.15) is 5.10 Å². The van der Waals surface area contributed by atoms with Gasteiger partial charge in [-0.3, -0.25) is 14.7 Å². The molecule has 1 aliphatic heterocycles. The van der Waals surface area contributed by atoms with Crippen molar-refractivity contribution in [3.05, 3.63) is 46.6 Å². The summed E-state index contributed by atoms with van der Waals surface area (Å²) in [4.78, 5) is 29.8. The minimum absolute atomic E-state index is 0.120. The molecule has 1 aromatic heterocycles. The van der Waals surface area contributed by atoms with E-state index in [1.807, 2.05) is 19.1 Å². The SMILES string of the molecule is Cc1[nH]nc2c1C(C)(c1cccc(C(N)=O)c1)C1C(=O)CC(C)(C)CC1=N2. The molecule has 0 spiro atoms. The van der Waals surface area contributed by atoms with Gasteiger partial charge >= 0.3 is 0 Å². The van der Waals surface area contributed by atoms with E-state index in [9.17, 15) is 9.59 Å². The third-order valence-corrected chi connectivity index (χ3v) is 5.99. The fraction of sp³-hybridized carbons (Fsp3) is 0.429. The lowest BCUT2D eigenvalue weighted by Gasteiger charge is -2.46. The number of Topliss-reactive ketones (excluding diaryl/α,β-unsaturated/α-hetero) is 1. The minimum Gasteiger partial charge on any atom is -0.366 e. The number of hydrogen-bond donors (Lipinski definition) is 2. The Balaban J connectivity index is 1.99. The monoisotopic (exact) mass is 364 g/mol. The molecule has 4 rings (SSSR count). The summed E-state index contributed by atoms with van der Waals surface area (Å²) in [5, 5.41) is 7.41. The first-order valence-electron chi connectivity index (χ1n) is 9.19. The summed E-state index contributed by atoms with van der Waals surface area (Å²) in [6, 6.07) is 7.27. The Morgan fingerprint density at radius 2 is 2.00 bits per heavy atom. The molecule has 6 nitrogen and oxygen atoms in total. The molecule has 2 atom stereocenters. The fourth-order valence-electron chi connectivity index (χ4n) is 4.88. The highest BCUT2D eigenvalue weighted by Gasteiger charge is 2.53. The molecule has 0 bridgehead atoms. The molecular weight excluding hydrogens is 340 g/mol. The Bertz CT molecular complexity index is 1000. The van der Waals surface area contributed by atoms with Crippen LogP contribution >= 0.6 is 0 Å². The smallest absolute Gasteiger partial charge is 0.248 e. The van der Waals surface area contributed by atoms with Crippen LogP contribution in [-0.4, -0.2) is 27.6 Å². The van der Waals surface area contributed by atoms with Gasteiger partial charge in [0.25, 0.3) is 0 Å². The summed E-state index contributed by atoms with van der Waals surface area (Å²) >= 11 is 0. The highest BCUT2D eigenvalue weighted by molar-refractivity contribution is 6.12. The Labute approximate surface area is 158 Å². The zero-order chi connectivity index (χ0) is 19.6. The van der Waals surface area contributed by atoms with Crippen molar-refractivity contribution in [1.82, 2.24) is 10.2 Å². The number of rotatable bonds is 2. The van der Waals surface area contributed by atoms with E-state index in [2.05, 4.69) is 31.0 Å². The lowest BCUT2D eigenvalue weighted by molar-refractivity contribution is -0.125. The zero-order valence-corrected chi connectivity index (χ0v) is 16.1. The number of H-pyrrole nitrogens is 1. The molecule has 140 valence electrons. The zero-order valence-electron chi connectivity index (χ0n) is 16.1. The van der Waals surface area contributed by atoms with Crippen LogP contribution in [0.3, 0.4) is 0 Å².